The Morgan fingerprint density at radius 3 is 2.38 bits per heavy atom. The molecule has 0 aliphatic carbocycles. The Morgan fingerprint density at radius 2 is 1.86 bits per heavy atom. The molecular weight excluding hydrogens is 291 g/mol. The lowest BCUT2D eigenvalue weighted by Gasteiger charge is -2.31. The minimum absolute atomic E-state index is 0.249. The largest absolute Gasteiger partial charge is 0.405 e. The van der Waals surface area contributed by atoms with E-state index in [0.717, 1.165) is 0 Å². The second-order valence-electron chi connectivity index (χ2n) is 4.82. The zero-order chi connectivity index (χ0) is 15.9. The first kappa shape index (κ1) is 17.5. The first-order chi connectivity index (χ1) is 9.83. The summed E-state index contributed by atoms with van der Waals surface area (Å²) in [6.45, 7) is 0.179. The van der Waals surface area contributed by atoms with Crippen LogP contribution in [0.25, 0.3) is 0 Å². The molecule has 0 aromatic rings. The first-order valence-electron chi connectivity index (χ1n) is 6.69. The molecular formula is C12H20F3N3O3. The van der Waals surface area contributed by atoms with Crippen molar-refractivity contribution < 1.29 is 27.5 Å². The van der Waals surface area contributed by atoms with Gasteiger partial charge in [-0.2, -0.15) is 13.2 Å². The molecule has 21 heavy (non-hydrogen) atoms. The van der Waals surface area contributed by atoms with Crippen LogP contribution in [-0.4, -0.2) is 62.9 Å². The number of amides is 3. The molecule has 6 nitrogen and oxygen atoms in total. The van der Waals surface area contributed by atoms with E-state index in [1.165, 1.54) is 7.11 Å². The summed E-state index contributed by atoms with van der Waals surface area (Å²) < 4.78 is 40.8. The first-order valence-corrected chi connectivity index (χ1v) is 6.69. The molecule has 1 saturated heterocycles. The highest BCUT2D eigenvalue weighted by molar-refractivity contribution is 5.79. The van der Waals surface area contributed by atoms with Crippen molar-refractivity contribution in [1.29, 1.82) is 0 Å². The third-order valence-corrected chi connectivity index (χ3v) is 3.20. The maximum Gasteiger partial charge on any atom is 0.405 e. The topological polar surface area (TPSA) is 70.7 Å². The molecule has 9 heteroatoms. The van der Waals surface area contributed by atoms with Crippen LogP contribution < -0.4 is 10.6 Å². The van der Waals surface area contributed by atoms with E-state index in [1.807, 2.05) is 5.32 Å². The van der Waals surface area contributed by atoms with E-state index < -0.39 is 24.5 Å². The van der Waals surface area contributed by atoms with Gasteiger partial charge in [-0.1, -0.05) is 0 Å². The van der Waals surface area contributed by atoms with Crippen LogP contribution in [0.5, 0.6) is 0 Å². The normalized spacial score (nSPS) is 16.7. The SMILES string of the molecule is COCCNC(=O)N1CCC(C(=O)NCC(F)(F)F)CC1. The summed E-state index contributed by atoms with van der Waals surface area (Å²) in [6, 6.07) is -0.249. The second-order valence-corrected chi connectivity index (χ2v) is 4.82. The van der Waals surface area contributed by atoms with Crippen LogP contribution in [0.2, 0.25) is 0 Å². The quantitative estimate of drug-likeness (QED) is 0.736. The molecule has 0 radical (unpaired) electrons. The van der Waals surface area contributed by atoms with Crippen molar-refractivity contribution >= 4 is 11.9 Å². The fourth-order valence-electron chi connectivity index (χ4n) is 2.05. The molecule has 0 aromatic carbocycles. The predicted molar refractivity (Wildman–Crippen MR) is 68.6 cm³/mol. The number of carbonyl (C=O) groups excluding carboxylic acids is 2. The zero-order valence-electron chi connectivity index (χ0n) is 11.8. The van der Waals surface area contributed by atoms with Crippen molar-refractivity contribution in [2.24, 2.45) is 5.92 Å². The van der Waals surface area contributed by atoms with E-state index in [1.54, 1.807) is 4.90 Å². The molecule has 1 aliphatic rings. The van der Waals surface area contributed by atoms with Gasteiger partial charge in [-0.05, 0) is 12.8 Å². The molecule has 0 bridgehead atoms. The maximum atomic E-state index is 12.0. The average molecular weight is 311 g/mol. The Hall–Kier alpha value is -1.51. The molecule has 122 valence electrons. The minimum Gasteiger partial charge on any atom is -0.383 e. The van der Waals surface area contributed by atoms with Crippen molar-refractivity contribution in [3.8, 4) is 0 Å². The van der Waals surface area contributed by atoms with E-state index in [-0.39, 0.29) is 6.03 Å². The third kappa shape index (κ3) is 6.65. The van der Waals surface area contributed by atoms with Gasteiger partial charge in [0.15, 0.2) is 0 Å². The lowest BCUT2D eigenvalue weighted by Crippen LogP contribution is -2.48. The summed E-state index contributed by atoms with van der Waals surface area (Å²) in [6.07, 6.45) is -3.68. The number of rotatable bonds is 5. The summed E-state index contributed by atoms with van der Waals surface area (Å²) in [5.74, 6) is -1.08. The number of alkyl halides is 3. The number of likely N-dealkylation sites (tertiary alicyclic amines) is 1. The Labute approximate surface area is 121 Å². The summed E-state index contributed by atoms with van der Waals surface area (Å²) in [5.41, 5.74) is 0. The Kier molecular flexibility index (Phi) is 6.73. The molecule has 1 fully saturated rings. The fraction of sp³-hybridized carbons (Fsp3) is 0.833. The van der Waals surface area contributed by atoms with E-state index in [0.29, 0.717) is 39.1 Å². The van der Waals surface area contributed by atoms with Gasteiger partial charge in [0.25, 0.3) is 0 Å². The Balaban J connectivity index is 2.28. The Bertz CT molecular complexity index is 355. The molecule has 0 atom stereocenters. The van der Waals surface area contributed by atoms with E-state index in [9.17, 15) is 22.8 Å². The van der Waals surface area contributed by atoms with Crippen LogP contribution in [0, 0.1) is 5.92 Å². The molecule has 3 amide bonds. The van der Waals surface area contributed by atoms with Gasteiger partial charge in [-0.3, -0.25) is 4.79 Å². The van der Waals surface area contributed by atoms with Crippen LogP contribution in [0.4, 0.5) is 18.0 Å². The highest BCUT2D eigenvalue weighted by Crippen LogP contribution is 2.18. The van der Waals surface area contributed by atoms with Crippen molar-refractivity contribution in [3.63, 3.8) is 0 Å². The van der Waals surface area contributed by atoms with E-state index >= 15 is 0 Å². The number of hydrogen-bond acceptors (Lipinski definition) is 3. The number of methoxy groups -OCH3 is 1. The number of ether oxygens (including phenoxy) is 1. The molecule has 0 spiro atoms. The monoisotopic (exact) mass is 311 g/mol. The van der Waals surface area contributed by atoms with Crippen molar-refractivity contribution in [2.75, 3.05) is 39.9 Å². The van der Waals surface area contributed by atoms with Crippen molar-refractivity contribution in [1.82, 2.24) is 15.5 Å². The van der Waals surface area contributed by atoms with Crippen LogP contribution in [0.3, 0.4) is 0 Å². The van der Waals surface area contributed by atoms with Gasteiger partial charge in [-0.15, -0.1) is 0 Å². The van der Waals surface area contributed by atoms with Gasteiger partial charge >= 0.3 is 12.2 Å². The highest BCUT2D eigenvalue weighted by Gasteiger charge is 2.31. The van der Waals surface area contributed by atoms with Gasteiger partial charge < -0.3 is 20.3 Å². The number of hydrogen-bond donors (Lipinski definition) is 2. The molecule has 0 aromatic heterocycles. The minimum atomic E-state index is -4.41. The van der Waals surface area contributed by atoms with Gasteiger partial charge in [0.1, 0.15) is 6.54 Å². The van der Waals surface area contributed by atoms with Gasteiger partial charge in [0, 0.05) is 32.7 Å². The van der Waals surface area contributed by atoms with Gasteiger partial charge in [-0.25, -0.2) is 4.79 Å². The smallest absolute Gasteiger partial charge is 0.383 e. The summed E-state index contributed by atoms with van der Waals surface area (Å²) in [5, 5.41) is 4.53. The second kappa shape index (κ2) is 8.06. The highest BCUT2D eigenvalue weighted by atomic mass is 19.4. The molecule has 1 heterocycles. The number of piperidine rings is 1. The zero-order valence-corrected chi connectivity index (χ0v) is 11.8. The summed E-state index contributed by atoms with van der Waals surface area (Å²) in [7, 11) is 1.53. The predicted octanol–water partition coefficient (Wildman–Crippen LogP) is 0.733. The fourth-order valence-corrected chi connectivity index (χ4v) is 2.05. The lowest BCUT2D eigenvalue weighted by atomic mass is 9.96. The number of urea groups is 1. The standard InChI is InChI=1S/C12H20F3N3O3/c1-21-7-4-16-11(20)18-5-2-9(3-6-18)10(19)17-8-12(13,14)15/h9H,2-8H2,1H3,(H,16,20)(H,17,19). The molecule has 0 unspecified atom stereocenters. The summed E-state index contributed by atoms with van der Waals surface area (Å²) in [4.78, 5) is 24.8. The van der Waals surface area contributed by atoms with E-state index in [2.05, 4.69) is 5.32 Å². The number of nitrogens with zero attached hydrogens (tertiary/aromatic N) is 1. The average Bonchev–Trinajstić information content (AvgIpc) is 2.44. The van der Waals surface area contributed by atoms with Crippen molar-refractivity contribution in [2.45, 2.75) is 19.0 Å². The van der Waals surface area contributed by atoms with Crippen LogP contribution >= 0.6 is 0 Å². The maximum absolute atomic E-state index is 12.0. The number of carbonyl (C=O) groups is 2. The summed E-state index contributed by atoms with van der Waals surface area (Å²) >= 11 is 0. The Morgan fingerprint density at radius 1 is 1.24 bits per heavy atom. The van der Waals surface area contributed by atoms with E-state index in [4.69, 9.17) is 4.74 Å². The molecule has 1 rings (SSSR count). The third-order valence-electron chi connectivity index (χ3n) is 3.20. The van der Waals surface area contributed by atoms with Gasteiger partial charge in [0.2, 0.25) is 5.91 Å². The number of nitrogens with one attached hydrogen (secondary N) is 2. The van der Waals surface area contributed by atoms with Crippen molar-refractivity contribution in [3.05, 3.63) is 0 Å². The number of halogens is 3. The molecule has 0 saturated carbocycles. The van der Waals surface area contributed by atoms with Crippen LogP contribution in [-0.2, 0) is 9.53 Å². The van der Waals surface area contributed by atoms with Gasteiger partial charge in [0.05, 0.1) is 6.61 Å². The molecule has 1 aliphatic heterocycles. The lowest BCUT2D eigenvalue weighted by molar-refractivity contribution is -0.141. The van der Waals surface area contributed by atoms with Crippen LogP contribution in [0.1, 0.15) is 12.8 Å². The molecule has 2 N–H and O–H groups in total. The van der Waals surface area contributed by atoms with Crippen LogP contribution in [0.15, 0.2) is 0 Å².